The Bertz CT molecular complexity index is 1140. The van der Waals surface area contributed by atoms with Gasteiger partial charge in [-0.05, 0) is 89.9 Å². The van der Waals surface area contributed by atoms with Gasteiger partial charge in [-0.2, -0.15) is 0 Å². The Morgan fingerprint density at radius 3 is 1.05 bits per heavy atom. The first-order valence-electron chi connectivity index (χ1n) is 24.9. The summed E-state index contributed by atoms with van der Waals surface area (Å²) in [5, 5.41) is 0. The van der Waals surface area contributed by atoms with E-state index in [2.05, 4.69) is 93.7 Å². The van der Waals surface area contributed by atoms with E-state index in [9.17, 15) is 14.4 Å². The smallest absolute Gasteiger partial charge is 0.306 e. The summed E-state index contributed by atoms with van der Waals surface area (Å²) < 4.78 is 16.7. The van der Waals surface area contributed by atoms with Gasteiger partial charge in [-0.15, -0.1) is 0 Å². The van der Waals surface area contributed by atoms with E-state index in [1.54, 1.807) is 0 Å². The molecule has 0 N–H and O–H groups in total. The lowest BCUT2D eigenvalue weighted by atomic mass is 10.1. The first-order chi connectivity index (χ1) is 29.5. The Kier molecular flexibility index (Phi) is 46.0. The van der Waals surface area contributed by atoms with Gasteiger partial charge in [0.2, 0.25) is 0 Å². The summed E-state index contributed by atoms with van der Waals surface area (Å²) in [6.45, 7) is 6.44. The lowest BCUT2D eigenvalue weighted by molar-refractivity contribution is -0.167. The van der Waals surface area contributed by atoms with Gasteiger partial charge in [-0.3, -0.25) is 14.4 Å². The minimum atomic E-state index is -0.785. The Morgan fingerprint density at radius 2 is 0.650 bits per heavy atom. The second-order valence-corrected chi connectivity index (χ2v) is 16.3. The highest BCUT2D eigenvalue weighted by molar-refractivity contribution is 5.71. The normalized spacial score (nSPS) is 12.7. The van der Waals surface area contributed by atoms with Crippen LogP contribution in [0.25, 0.3) is 0 Å². The van der Waals surface area contributed by atoms with Crippen LogP contribution in [0, 0.1) is 0 Å². The van der Waals surface area contributed by atoms with E-state index in [-0.39, 0.29) is 31.1 Å². The summed E-state index contributed by atoms with van der Waals surface area (Å²) in [5.74, 6) is -0.919. The van der Waals surface area contributed by atoms with Crippen LogP contribution in [0.1, 0.15) is 233 Å². The summed E-state index contributed by atoms with van der Waals surface area (Å²) in [6.07, 6.45) is 60.3. The van der Waals surface area contributed by atoms with Crippen molar-refractivity contribution in [2.24, 2.45) is 0 Å². The number of esters is 3. The van der Waals surface area contributed by atoms with E-state index >= 15 is 0 Å². The van der Waals surface area contributed by atoms with Crippen molar-refractivity contribution < 1.29 is 28.6 Å². The van der Waals surface area contributed by atoms with E-state index in [0.29, 0.717) is 19.3 Å². The van der Waals surface area contributed by atoms with Crippen LogP contribution < -0.4 is 0 Å². The molecule has 0 aromatic carbocycles. The van der Waals surface area contributed by atoms with Gasteiger partial charge < -0.3 is 14.2 Å². The number of carbonyl (C=O) groups is 3. The van der Waals surface area contributed by atoms with Crippen molar-refractivity contribution in [3.8, 4) is 0 Å². The van der Waals surface area contributed by atoms with Crippen LogP contribution in [0.2, 0.25) is 0 Å². The molecule has 0 saturated heterocycles. The van der Waals surface area contributed by atoms with Crippen molar-refractivity contribution >= 4 is 17.9 Å². The zero-order valence-corrected chi connectivity index (χ0v) is 39.2. The molecule has 0 fully saturated rings. The highest BCUT2D eigenvalue weighted by atomic mass is 16.6. The molecule has 0 aliphatic carbocycles. The minimum absolute atomic E-state index is 0.0854. The molecule has 0 rings (SSSR count). The standard InChI is InChI=1S/C54H92O6/c1-4-7-10-13-16-19-21-23-25-26-27-28-30-31-33-35-38-41-44-47-53(56)59-50-51(49-58-52(55)46-43-40-37-18-15-12-9-6-3)60-54(57)48-45-42-39-36-34-32-29-24-22-20-17-14-11-8-5-2/h7,10,16-17,19-20,23-25,27-29,51H,4-6,8-9,11-15,18,21-22,26,30-50H2,1-3H3/b10-7-,19-16-,20-17-,25-23-,28-27-,29-24-. The zero-order valence-electron chi connectivity index (χ0n) is 39.2. The first kappa shape index (κ1) is 56.9. The second-order valence-electron chi connectivity index (χ2n) is 16.3. The van der Waals surface area contributed by atoms with Gasteiger partial charge in [-0.1, -0.05) is 196 Å². The summed E-state index contributed by atoms with van der Waals surface area (Å²) in [6, 6.07) is 0. The predicted octanol–water partition coefficient (Wildman–Crippen LogP) is 16.3. The monoisotopic (exact) mass is 837 g/mol. The topological polar surface area (TPSA) is 78.9 Å². The van der Waals surface area contributed by atoms with Gasteiger partial charge >= 0.3 is 17.9 Å². The molecule has 0 saturated carbocycles. The number of carbonyl (C=O) groups excluding carboxylic acids is 3. The van der Waals surface area contributed by atoms with Gasteiger partial charge in [0, 0.05) is 19.3 Å². The summed E-state index contributed by atoms with van der Waals surface area (Å²) >= 11 is 0. The lowest BCUT2D eigenvalue weighted by Gasteiger charge is -2.18. The number of unbranched alkanes of at least 4 members (excludes halogenated alkanes) is 21. The summed E-state index contributed by atoms with van der Waals surface area (Å²) in [7, 11) is 0. The predicted molar refractivity (Wildman–Crippen MR) is 256 cm³/mol. The van der Waals surface area contributed by atoms with Gasteiger partial charge in [0.25, 0.3) is 0 Å². The fourth-order valence-corrected chi connectivity index (χ4v) is 6.70. The number of ether oxygens (including phenoxy) is 3. The van der Waals surface area contributed by atoms with Gasteiger partial charge in [0.1, 0.15) is 13.2 Å². The maximum absolute atomic E-state index is 12.7. The maximum atomic E-state index is 12.7. The number of rotatable bonds is 44. The van der Waals surface area contributed by atoms with Crippen LogP contribution in [-0.2, 0) is 28.6 Å². The van der Waals surface area contributed by atoms with E-state index in [0.717, 1.165) is 116 Å². The Morgan fingerprint density at radius 1 is 0.350 bits per heavy atom. The molecule has 0 heterocycles. The summed E-state index contributed by atoms with van der Waals surface area (Å²) in [5.41, 5.74) is 0. The second kappa shape index (κ2) is 48.5. The fourth-order valence-electron chi connectivity index (χ4n) is 6.70. The maximum Gasteiger partial charge on any atom is 0.306 e. The van der Waals surface area contributed by atoms with Crippen LogP contribution in [0.5, 0.6) is 0 Å². The number of hydrogen-bond donors (Lipinski definition) is 0. The quantitative estimate of drug-likeness (QED) is 0.0263. The molecule has 0 spiro atoms. The molecule has 6 nitrogen and oxygen atoms in total. The molecule has 1 unspecified atom stereocenters. The average Bonchev–Trinajstić information content (AvgIpc) is 3.24. The largest absolute Gasteiger partial charge is 0.462 e. The molecular weight excluding hydrogens is 745 g/mol. The van der Waals surface area contributed by atoms with Gasteiger partial charge in [0.15, 0.2) is 6.10 Å². The van der Waals surface area contributed by atoms with Crippen LogP contribution in [0.4, 0.5) is 0 Å². The highest BCUT2D eigenvalue weighted by Crippen LogP contribution is 2.13. The van der Waals surface area contributed by atoms with Gasteiger partial charge in [0.05, 0.1) is 0 Å². The third kappa shape index (κ3) is 45.9. The molecule has 0 bridgehead atoms. The van der Waals surface area contributed by atoms with E-state index in [1.165, 1.54) is 77.0 Å². The van der Waals surface area contributed by atoms with Crippen molar-refractivity contribution in [1.82, 2.24) is 0 Å². The zero-order chi connectivity index (χ0) is 43.7. The van der Waals surface area contributed by atoms with Crippen molar-refractivity contribution in [2.75, 3.05) is 13.2 Å². The van der Waals surface area contributed by atoms with Crippen LogP contribution in [0.15, 0.2) is 72.9 Å². The van der Waals surface area contributed by atoms with Crippen molar-refractivity contribution in [3.05, 3.63) is 72.9 Å². The Hall–Kier alpha value is -3.15. The van der Waals surface area contributed by atoms with Crippen LogP contribution in [-0.4, -0.2) is 37.2 Å². The fraction of sp³-hybridized carbons (Fsp3) is 0.722. The van der Waals surface area contributed by atoms with Crippen molar-refractivity contribution in [2.45, 2.75) is 239 Å². The van der Waals surface area contributed by atoms with E-state index in [1.807, 2.05) is 0 Å². The SMILES string of the molecule is CC/C=C\C/C=C\C/C=C\C/C=C\CCCCCCCCC(=O)OCC(COC(=O)CCCCCCCCCC)OC(=O)CCCCCCC/C=C\C/C=C\CCCCC. The average molecular weight is 837 g/mol. The molecule has 344 valence electrons. The molecule has 0 aromatic rings. The van der Waals surface area contributed by atoms with Crippen molar-refractivity contribution in [3.63, 3.8) is 0 Å². The van der Waals surface area contributed by atoms with E-state index < -0.39 is 6.10 Å². The van der Waals surface area contributed by atoms with Gasteiger partial charge in [-0.25, -0.2) is 0 Å². The van der Waals surface area contributed by atoms with E-state index in [4.69, 9.17) is 14.2 Å². The molecule has 0 aliphatic rings. The third-order valence-corrected chi connectivity index (χ3v) is 10.4. The minimum Gasteiger partial charge on any atom is -0.462 e. The van der Waals surface area contributed by atoms with Crippen LogP contribution in [0.3, 0.4) is 0 Å². The molecule has 0 aliphatic heterocycles. The number of hydrogen-bond acceptors (Lipinski definition) is 6. The molecule has 0 radical (unpaired) electrons. The third-order valence-electron chi connectivity index (χ3n) is 10.4. The molecule has 0 aromatic heterocycles. The first-order valence-corrected chi connectivity index (χ1v) is 24.9. The lowest BCUT2D eigenvalue weighted by Crippen LogP contribution is -2.30. The Balaban J connectivity index is 4.35. The molecule has 60 heavy (non-hydrogen) atoms. The highest BCUT2D eigenvalue weighted by Gasteiger charge is 2.19. The molecule has 0 amide bonds. The molecular formula is C54H92O6. The Labute approximate surface area is 370 Å². The summed E-state index contributed by atoms with van der Waals surface area (Å²) in [4.78, 5) is 37.8. The molecule has 6 heteroatoms. The van der Waals surface area contributed by atoms with Crippen LogP contribution >= 0.6 is 0 Å². The molecule has 1 atom stereocenters. The van der Waals surface area contributed by atoms with Crippen molar-refractivity contribution in [1.29, 1.82) is 0 Å². The number of allylic oxidation sites excluding steroid dienone is 12.